The van der Waals surface area contributed by atoms with Crippen molar-refractivity contribution >= 4 is 24.1 Å². The molecule has 1 atom stereocenters. The van der Waals surface area contributed by atoms with Gasteiger partial charge in [0, 0.05) is 26.2 Å². The van der Waals surface area contributed by atoms with E-state index < -0.39 is 6.10 Å². The van der Waals surface area contributed by atoms with Gasteiger partial charge >= 0.3 is 0 Å². The van der Waals surface area contributed by atoms with Crippen molar-refractivity contribution < 1.29 is 10.2 Å². The summed E-state index contributed by atoms with van der Waals surface area (Å²) in [5.74, 6) is 1.71. The molecule has 0 aromatic carbocycles. The average molecular weight is 349 g/mol. The van der Waals surface area contributed by atoms with Crippen LogP contribution in [0.25, 0.3) is 0 Å². The molecule has 9 heteroatoms. The lowest BCUT2D eigenvalue weighted by atomic mass is 10.1. The topological polar surface area (TPSA) is 110 Å². The number of nitrogens with one attached hydrogen (secondary N) is 1. The highest BCUT2D eigenvalue weighted by Crippen LogP contribution is 2.22. The van der Waals surface area contributed by atoms with E-state index in [4.69, 9.17) is 5.11 Å². The minimum atomic E-state index is -1.00. The molecule has 1 aromatic heterocycles. The monoisotopic (exact) mass is 349 g/mol. The van der Waals surface area contributed by atoms with Gasteiger partial charge in [0.2, 0.25) is 17.8 Å². The van der Waals surface area contributed by atoms with Crippen LogP contribution in [0.5, 0.6) is 0 Å². The molecule has 3 heterocycles. The third-order valence-corrected chi connectivity index (χ3v) is 4.49. The Morgan fingerprint density at radius 2 is 1.44 bits per heavy atom. The molecule has 2 fully saturated rings. The summed E-state index contributed by atoms with van der Waals surface area (Å²) in [7, 11) is 0. The van der Waals surface area contributed by atoms with Crippen molar-refractivity contribution in [1.29, 1.82) is 0 Å². The molecular weight excluding hydrogens is 322 g/mol. The first-order valence-electron chi connectivity index (χ1n) is 9.10. The molecule has 1 aromatic rings. The summed E-state index contributed by atoms with van der Waals surface area (Å²) in [6.07, 6.45) is 7.30. The first-order valence-corrected chi connectivity index (χ1v) is 9.10. The second-order valence-electron chi connectivity index (χ2n) is 6.49. The molecular formula is C16H27N7O2. The van der Waals surface area contributed by atoms with E-state index in [-0.39, 0.29) is 6.61 Å². The first kappa shape index (κ1) is 17.8. The molecule has 0 saturated carbocycles. The third-order valence-electron chi connectivity index (χ3n) is 4.49. The quantitative estimate of drug-likeness (QED) is 0.506. The predicted molar refractivity (Wildman–Crippen MR) is 97.2 cm³/mol. The van der Waals surface area contributed by atoms with Gasteiger partial charge in [0.15, 0.2) is 0 Å². The molecule has 2 aliphatic rings. The maximum atomic E-state index is 9.34. The molecule has 3 rings (SSSR count). The van der Waals surface area contributed by atoms with Crippen LogP contribution in [0.4, 0.5) is 17.8 Å². The van der Waals surface area contributed by atoms with Gasteiger partial charge in [-0.3, -0.25) is 0 Å². The van der Waals surface area contributed by atoms with Crippen LogP contribution >= 0.6 is 0 Å². The third kappa shape index (κ3) is 4.99. The van der Waals surface area contributed by atoms with Gasteiger partial charge in [-0.05, 0) is 38.5 Å². The summed E-state index contributed by atoms with van der Waals surface area (Å²) in [4.78, 5) is 18.0. The molecule has 0 spiro atoms. The Morgan fingerprint density at radius 1 is 0.920 bits per heavy atom. The van der Waals surface area contributed by atoms with Gasteiger partial charge in [-0.25, -0.2) is 5.43 Å². The summed E-state index contributed by atoms with van der Waals surface area (Å²) in [5.41, 5.74) is 2.75. The SMILES string of the molecule is OCC(O)C=NNc1nc(N2CCCCC2)nc(N2CCCCC2)n1. The van der Waals surface area contributed by atoms with E-state index in [0.717, 1.165) is 51.9 Å². The van der Waals surface area contributed by atoms with Gasteiger partial charge in [0.05, 0.1) is 12.8 Å². The van der Waals surface area contributed by atoms with E-state index in [0.29, 0.717) is 17.8 Å². The standard InChI is InChI=1S/C16H27N7O2/c24-12-13(25)11-17-21-14-18-15(22-7-3-1-4-8-22)20-16(19-14)23-9-5-2-6-10-23/h11,13,24-25H,1-10,12H2,(H,18,19,20,21). The van der Waals surface area contributed by atoms with E-state index in [9.17, 15) is 5.11 Å². The molecule has 0 amide bonds. The van der Waals surface area contributed by atoms with E-state index in [1.807, 2.05) is 0 Å². The molecule has 2 saturated heterocycles. The van der Waals surface area contributed by atoms with Crippen LogP contribution < -0.4 is 15.2 Å². The highest BCUT2D eigenvalue weighted by Gasteiger charge is 2.20. The van der Waals surface area contributed by atoms with Crippen molar-refractivity contribution in [3.8, 4) is 0 Å². The van der Waals surface area contributed by atoms with Gasteiger partial charge < -0.3 is 20.0 Å². The predicted octanol–water partition coefficient (Wildman–Crippen LogP) is 0.603. The van der Waals surface area contributed by atoms with E-state index in [1.165, 1.54) is 19.1 Å². The van der Waals surface area contributed by atoms with Crippen LogP contribution in [-0.4, -0.2) is 70.3 Å². The highest BCUT2D eigenvalue weighted by molar-refractivity contribution is 5.63. The van der Waals surface area contributed by atoms with Gasteiger partial charge in [0.25, 0.3) is 0 Å². The zero-order valence-electron chi connectivity index (χ0n) is 14.5. The number of hydrogen-bond donors (Lipinski definition) is 3. The lowest BCUT2D eigenvalue weighted by Gasteiger charge is -2.30. The lowest BCUT2D eigenvalue weighted by molar-refractivity contribution is 0.148. The number of piperidine rings is 2. The van der Waals surface area contributed by atoms with Gasteiger partial charge in [-0.2, -0.15) is 20.1 Å². The number of aliphatic hydroxyl groups excluding tert-OH is 2. The summed E-state index contributed by atoms with van der Waals surface area (Å²) in [6, 6.07) is 0. The second kappa shape index (κ2) is 8.91. The first-order chi connectivity index (χ1) is 12.3. The second-order valence-corrected chi connectivity index (χ2v) is 6.49. The number of aliphatic hydroxyl groups is 2. The minimum absolute atomic E-state index is 0.359. The minimum Gasteiger partial charge on any atom is -0.393 e. The maximum absolute atomic E-state index is 9.34. The Morgan fingerprint density at radius 3 is 1.92 bits per heavy atom. The summed E-state index contributed by atoms with van der Waals surface area (Å²) in [6.45, 7) is 3.44. The molecule has 138 valence electrons. The Hall–Kier alpha value is -2.00. The summed E-state index contributed by atoms with van der Waals surface area (Å²) >= 11 is 0. The van der Waals surface area contributed by atoms with Crippen LogP contribution in [-0.2, 0) is 0 Å². The molecule has 0 radical (unpaired) electrons. The fourth-order valence-corrected chi connectivity index (χ4v) is 3.10. The Balaban J connectivity index is 1.80. The van der Waals surface area contributed by atoms with Crippen molar-refractivity contribution in [2.45, 2.75) is 44.6 Å². The fraction of sp³-hybridized carbons (Fsp3) is 0.750. The molecule has 2 aliphatic heterocycles. The lowest BCUT2D eigenvalue weighted by Crippen LogP contribution is -2.34. The molecule has 9 nitrogen and oxygen atoms in total. The molecule has 1 unspecified atom stereocenters. The molecule has 0 aliphatic carbocycles. The Kier molecular flexibility index (Phi) is 6.35. The normalized spacial score (nSPS) is 20.1. The zero-order chi connectivity index (χ0) is 17.5. The maximum Gasteiger partial charge on any atom is 0.250 e. The highest BCUT2D eigenvalue weighted by atomic mass is 16.3. The molecule has 25 heavy (non-hydrogen) atoms. The Labute approximate surface area is 147 Å². The zero-order valence-corrected chi connectivity index (χ0v) is 14.5. The van der Waals surface area contributed by atoms with Crippen LogP contribution in [0.1, 0.15) is 38.5 Å². The van der Waals surface area contributed by atoms with Crippen molar-refractivity contribution in [3.63, 3.8) is 0 Å². The average Bonchev–Trinajstić information content (AvgIpc) is 2.69. The van der Waals surface area contributed by atoms with Crippen molar-refractivity contribution in [3.05, 3.63) is 0 Å². The smallest absolute Gasteiger partial charge is 0.250 e. The number of hydrogen-bond acceptors (Lipinski definition) is 9. The number of aromatic nitrogens is 3. The fourth-order valence-electron chi connectivity index (χ4n) is 3.10. The van der Waals surface area contributed by atoms with Crippen molar-refractivity contribution in [1.82, 2.24) is 15.0 Å². The van der Waals surface area contributed by atoms with Gasteiger partial charge in [-0.15, -0.1) is 0 Å². The number of rotatable bonds is 6. The van der Waals surface area contributed by atoms with Crippen molar-refractivity contribution in [2.24, 2.45) is 5.10 Å². The van der Waals surface area contributed by atoms with Crippen molar-refractivity contribution in [2.75, 3.05) is 48.0 Å². The Bertz CT molecular complexity index is 535. The summed E-state index contributed by atoms with van der Waals surface area (Å²) < 4.78 is 0. The number of hydrazone groups is 1. The van der Waals surface area contributed by atoms with Gasteiger partial charge in [-0.1, -0.05) is 0 Å². The van der Waals surface area contributed by atoms with Crippen LogP contribution in [0.2, 0.25) is 0 Å². The number of nitrogens with zero attached hydrogens (tertiary/aromatic N) is 6. The van der Waals surface area contributed by atoms with E-state index in [1.54, 1.807) is 0 Å². The molecule has 0 bridgehead atoms. The van der Waals surface area contributed by atoms with Gasteiger partial charge in [0.1, 0.15) is 6.10 Å². The van der Waals surface area contributed by atoms with Crippen LogP contribution in [0, 0.1) is 0 Å². The van der Waals surface area contributed by atoms with Crippen LogP contribution in [0.3, 0.4) is 0 Å². The van der Waals surface area contributed by atoms with Crippen LogP contribution in [0.15, 0.2) is 5.10 Å². The summed E-state index contributed by atoms with van der Waals surface area (Å²) in [5, 5.41) is 22.1. The number of anilines is 3. The van der Waals surface area contributed by atoms with E-state index >= 15 is 0 Å². The van der Waals surface area contributed by atoms with E-state index in [2.05, 4.69) is 35.3 Å². The largest absolute Gasteiger partial charge is 0.393 e. The molecule has 3 N–H and O–H groups in total.